The summed E-state index contributed by atoms with van der Waals surface area (Å²) in [6, 6.07) is 41.1. The van der Waals surface area contributed by atoms with Crippen LogP contribution < -0.4 is 5.32 Å². The summed E-state index contributed by atoms with van der Waals surface area (Å²) >= 11 is 6.52. The Morgan fingerprint density at radius 1 is 0.455 bits per heavy atom. The number of hydrogen-bond acceptors (Lipinski definition) is 1. The third-order valence-electron chi connectivity index (χ3n) is 7.16. The lowest BCUT2D eigenvalue weighted by Gasteiger charge is -2.30. The summed E-state index contributed by atoms with van der Waals surface area (Å²) in [6.45, 7) is 0. The molecule has 156 valence electrons. The Balaban J connectivity index is 1.58. The zero-order valence-electron chi connectivity index (χ0n) is 17.8. The molecule has 1 spiro atoms. The Kier molecular flexibility index (Phi) is 3.88. The molecule has 0 aromatic heterocycles. The highest BCUT2D eigenvalue weighted by Gasteiger charge is 2.51. The van der Waals surface area contributed by atoms with Gasteiger partial charge in [-0.1, -0.05) is 109 Å². The molecule has 2 aliphatic carbocycles. The highest BCUT2D eigenvalue weighted by Crippen LogP contribution is 2.63. The second kappa shape index (κ2) is 6.84. The molecule has 1 nitrogen and oxygen atoms in total. The van der Waals surface area contributed by atoms with E-state index >= 15 is 0 Å². The number of fused-ring (bicyclic) bond motifs is 10. The predicted octanol–water partition coefficient (Wildman–Crippen LogP) is 8.43. The maximum absolute atomic E-state index is 6.52. The van der Waals surface area contributed by atoms with Crippen LogP contribution in [0.25, 0.3) is 22.3 Å². The van der Waals surface area contributed by atoms with Crippen LogP contribution in [0.2, 0.25) is 5.02 Å². The van der Waals surface area contributed by atoms with Crippen LogP contribution >= 0.6 is 11.6 Å². The molecule has 0 saturated carbocycles. The highest BCUT2D eigenvalue weighted by atomic mass is 35.5. The highest BCUT2D eigenvalue weighted by molar-refractivity contribution is 6.33. The van der Waals surface area contributed by atoms with Gasteiger partial charge in [-0.15, -0.1) is 0 Å². The van der Waals surface area contributed by atoms with Gasteiger partial charge in [-0.05, 0) is 57.1 Å². The van der Waals surface area contributed by atoms with Gasteiger partial charge in [0.15, 0.2) is 0 Å². The summed E-state index contributed by atoms with van der Waals surface area (Å²) in [5.41, 5.74) is 12.2. The van der Waals surface area contributed by atoms with Gasteiger partial charge in [0.2, 0.25) is 0 Å². The van der Waals surface area contributed by atoms with Crippen LogP contribution in [0.3, 0.4) is 0 Å². The van der Waals surface area contributed by atoms with Crippen molar-refractivity contribution in [1.82, 2.24) is 0 Å². The lowest BCUT2D eigenvalue weighted by atomic mass is 9.70. The first-order valence-corrected chi connectivity index (χ1v) is 11.6. The molecular formula is C31H20ClN. The van der Waals surface area contributed by atoms with Crippen LogP contribution in [-0.2, 0) is 5.41 Å². The second-order valence-corrected chi connectivity index (χ2v) is 9.13. The van der Waals surface area contributed by atoms with Crippen molar-refractivity contribution in [2.75, 3.05) is 5.32 Å². The smallest absolute Gasteiger partial charge is 0.0726 e. The molecule has 2 heteroatoms. The van der Waals surface area contributed by atoms with Crippen molar-refractivity contribution in [3.8, 4) is 22.3 Å². The number of benzene rings is 5. The normalized spacial score (nSPS) is 13.8. The van der Waals surface area contributed by atoms with E-state index in [1.165, 1.54) is 44.5 Å². The van der Waals surface area contributed by atoms with E-state index in [4.69, 9.17) is 11.6 Å². The molecule has 0 heterocycles. The quantitative estimate of drug-likeness (QED) is 0.284. The molecular weight excluding hydrogens is 422 g/mol. The van der Waals surface area contributed by atoms with E-state index < -0.39 is 0 Å². The first-order valence-electron chi connectivity index (χ1n) is 11.2. The summed E-state index contributed by atoms with van der Waals surface area (Å²) in [4.78, 5) is 0. The SMILES string of the molecule is Clc1ccccc1Nc1cccc2c1-c1ccccc1C21c2ccccc2-c2ccccc21. The largest absolute Gasteiger partial charge is 0.354 e. The Morgan fingerprint density at radius 3 is 1.61 bits per heavy atom. The van der Waals surface area contributed by atoms with Crippen LogP contribution in [0, 0.1) is 0 Å². The van der Waals surface area contributed by atoms with Crippen molar-refractivity contribution >= 4 is 23.0 Å². The van der Waals surface area contributed by atoms with E-state index in [9.17, 15) is 0 Å². The number of nitrogens with one attached hydrogen (secondary N) is 1. The topological polar surface area (TPSA) is 12.0 Å². The minimum Gasteiger partial charge on any atom is -0.354 e. The van der Waals surface area contributed by atoms with Crippen LogP contribution in [0.15, 0.2) is 115 Å². The zero-order valence-corrected chi connectivity index (χ0v) is 18.6. The van der Waals surface area contributed by atoms with Gasteiger partial charge in [0.1, 0.15) is 0 Å². The van der Waals surface area contributed by atoms with E-state index in [1.807, 2.05) is 24.3 Å². The molecule has 0 bridgehead atoms. The molecule has 7 rings (SSSR count). The number of rotatable bonds is 2. The fourth-order valence-electron chi connectivity index (χ4n) is 5.96. The van der Waals surface area contributed by atoms with E-state index in [0.717, 1.165) is 11.4 Å². The molecule has 0 amide bonds. The average Bonchev–Trinajstić information content (AvgIpc) is 3.34. The number of halogens is 1. The maximum atomic E-state index is 6.52. The molecule has 0 fully saturated rings. The zero-order chi connectivity index (χ0) is 22.0. The molecule has 0 unspecified atom stereocenters. The molecule has 5 aromatic rings. The fourth-order valence-corrected chi connectivity index (χ4v) is 6.14. The molecule has 2 aliphatic rings. The molecule has 0 atom stereocenters. The average molecular weight is 442 g/mol. The van der Waals surface area contributed by atoms with Gasteiger partial charge in [-0.25, -0.2) is 0 Å². The van der Waals surface area contributed by atoms with Gasteiger partial charge in [0.25, 0.3) is 0 Å². The Hall–Kier alpha value is -3.81. The number of para-hydroxylation sites is 1. The fraction of sp³-hybridized carbons (Fsp3) is 0.0323. The van der Waals surface area contributed by atoms with Gasteiger partial charge in [0, 0.05) is 11.3 Å². The molecule has 0 saturated heterocycles. The summed E-state index contributed by atoms with van der Waals surface area (Å²) in [5, 5.41) is 4.35. The molecule has 33 heavy (non-hydrogen) atoms. The van der Waals surface area contributed by atoms with Gasteiger partial charge in [0.05, 0.1) is 16.1 Å². The van der Waals surface area contributed by atoms with Crippen molar-refractivity contribution in [2.24, 2.45) is 0 Å². The minimum absolute atomic E-state index is 0.322. The number of hydrogen-bond donors (Lipinski definition) is 1. The first kappa shape index (κ1) is 18.7. The van der Waals surface area contributed by atoms with E-state index in [-0.39, 0.29) is 5.41 Å². The predicted molar refractivity (Wildman–Crippen MR) is 137 cm³/mol. The number of anilines is 2. The van der Waals surface area contributed by atoms with Crippen LogP contribution in [0.4, 0.5) is 11.4 Å². The van der Waals surface area contributed by atoms with Gasteiger partial charge in [-0.2, -0.15) is 0 Å². The molecule has 5 aromatic carbocycles. The van der Waals surface area contributed by atoms with Crippen LogP contribution in [-0.4, -0.2) is 0 Å². The molecule has 0 aliphatic heterocycles. The Morgan fingerprint density at radius 2 is 0.939 bits per heavy atom. The van der Waals surface area contributed by atoms with Crippen LogP contribution in [0.1, 0.15) is 22.3 Å². The minimum atomic E-state index is -0.322. The van der Waals surface area contributed by atoms with Crippen molar-refractivity contribution in [2.45, 2.75) is 5.41 Å². The van der Waals surface area contributed by atoms with Gasteiger partial charge >= 0.3 is 0 Å². The standard InChI is InChI=1S/C31H20ClN/c32-27-17-7-8-18-28(27)33-29-19-9-16-26-30(29)22-12-3-6-15-25(22)31(26)23-13-4-1-10-20(23)21-11-2-5-14-24(21)31/h1-19,33H. The molecule has 1 N–H and O–H groups in total. The van der Waals surface area contributed by atoms with Gasteiger partial charge < -0.3 is 5.32 Å². The van der Waals surface area contributed by atoms with Crippen molar-refractivity contribution in [3.63, 3.8) is 0 Å². The monoisotopic (exact) mass is 441 g/mol. The van der Waals surface area contributed by atoms with Gasteiger partial charge in [-0.3, -0.25) is 0 Å². The first-order chi connectivity index (χ1) is 16.3. The third-order valence-corrected chi connectivity index (χ3v) is 7.49. The third kappa shape index (κ3) is 2.38. The second-order valence-electron chi connectivity index (χ2n) is 8.72. The summed E-state index contributed by atoms with van der Waals surface area (Å²) in [6.07, 6.45) is 0. The summed E-state index contributed by atoms with van der Waals surface area (Å²) in [7, 11) is 0. The van der Waals surface area contributed by atoms with Crippen molar-refractivity contribution in [3.05, 3.63) is 143 Å². The van der Waals surface area contributed by atoms with Crippen LogP contribution in [0.5, 0.6) is 0 Å². The molecule has 0 radical (unpaired) electrons. The van der Waals surface area contributed by atoms with E-state index in [2.05, 4.69) is 96.3 Å². The van der Waals surface area contributed by atoms with E-state index in [0.29, 0.717) is 5.02 Å². The Labute approximate surface area is 198 Å². The lowest BCUT2D eigenvalue weighted by Crippen LogP contribution is -2.25. The lowest BCUT2D eigenvalue weighted by molar-refractivity contribution is 0.794. The maximum Gasteiger partial charge on any atom is 0.0726 e. The van der Waals surface area contributed by atoms with Crippen molar-refractivity contribution < 1.29 is 0 Å². The van der Waals surface area contributed by atoms with Crippen molar-refractivity contribution in [1.29, 1.82) is 0 Å². The van der Waals surface area contributed by atoms with E-state index in [1.54, 1.807) is 0 Å². The summed E-state index contributed by atoms with van der Waals surface area (Å²) in [5.74, 6) is 0. The summed E-state index contributed by atoms with van der Waals surface area (Å²) < 4.78 is 0. The Bertz CT molecular complexity index is 1520.